The fourth-order valence-electron chi connectivity index (χ4n) is 2.09. The first-order valence-corrected chi connectivity index (χ1v) is 6.10. The molecule has 100 valence electrons. The monoisotopic (exact) mass is 259 g/mol. The molecular weight excluding hydrogens is 242 g/mol. The second-order valence-electron chi connectivity index (χ2n) is 5.55. The lowest BCUT2D eigenvalue weighted by Gasteiger charge is -2.14. The lowest BCUT2D eigenvalue weighted by Crippen LogP contribution is -2.33. The highest BCUT2D eigenvalue weighted by molar-refractivity contribution is 6.39. The number of carbonyl (C=O) groups excluding carboxylic acids is 2. The summed E-state index contributed by atoms with van der Waals surface area (Å²) in [6.45, 7) is 6.03. The van der Waals surface area contributed by atoms with Gasteiger partial charge in [-0.3, -0.25) is 4.79 Å². The van der Waals surface area contributed by atoms with Crippen LogP contribution >= 0.6 is 0 Å². The number of amides is 2. The van der Waals surface area contributed by atoms with Crippen LogP contribution in [0.3, 0.4) is 0 Å². The van der Waals surface area contributed by atoms with Gasteiger partial charge in [0.15, 0.2) is 0 Å². The van der Waals surface area contributed by atoms with E-state index in [0.29, 0.717) is 11.3 Å². The van der Waals surface area contributed by atoms with Crippen molar-refractivity contribution in [2.24, 2.45) is 5.41 Å². The van der Waals surface area contributed by atoms with Crippen molar-refractivity contribution in [1.82, 2.24) is 0 Å². The van der Waals surface area contributed by atoms with E-state index in [1.807, 2.05) is 39.0 Å². The largest absolute Gasteiger partial charge is 0.452 e. The maximum atomic E-state index is 12.4. The number of allylic oxidation sites excluding steroid dienone is 1. The highest BCUT2D eigenvalue weighted by atomic mass is 16.5. The summed E-state index contributed by atoms with van der Waals surface area (Å²) in [5, 5.41) is 0. The number of ether oxygens (including phenoxy) is 1. The van der Waals surface area contributed by atoms with Gasteiger partial charge in [0, 0.05) is 11.1 Å². The molecule has 2 rings (SSSR count). The predicted molar refractivity (Wildman–Crippen MR) is 73.8 cm³/mol. The maximum Gasteiger partial charge on any atom is 0.421 e. The summed E-state index contributed by atoms with van der Waals surface area (Å²) in [7, 11) is 1.27. The van der Waals surface area contributed by atoms with Gasteiger partial charge in [0.25, 0.3) is 5.91 Å². The Kier molecular flexibility index (Phi) is 3.18. The van der Waals surface area contributed by atoms with Crippen LogP contribution in [0.2, 0.25) is 0 Å². The minimum atomic E-state index is -0.658. The van der Waals surface area contributed by atoms with Crippen molar-refractivity contribution >= 4 is 23.3 Å². The molecule has 1 aliphatic rings. The molecule has 4 nitrogen and oxygen atoms in total. The Hall–Kier alpha value is -2.10. The Morgan fingerprint density at radius 2 is 1.89 bits per heavy atom. The fourth-order valence-corrected chi connectivity index (χ4v) is 2.09. The van der Waals surface area contributed by atoms with E-state index in [1.165, 1.54) is 7.11 Å². The summed E-state index contributed by atoms with van der Waals surface area (Å²) < 4.78 is 4.68. The quantitative estimate of drug-likeness (QED) is 0.672. The first kappa shape index (κ1) is 13.3. The molecule has 0 atom stereocenters. The van der Waals surface area contributed by atoms with Crippen molar-refractivity contribution in [3.05, 3.63) is 35.9 Å². The molecule has 0 saturated heterocycles. The molecule has 19 heavy (non-hydrogen) atoms. The average molecular weight is 259 g/mol. The smallest absolute Gasteiger partial charge is 0.421 e. The Labute approximate surface area is 112 Å². The number of rotatable bonds is 0. The van der Waals surface area contributed by atoms with Crippen LogP contribution in [0.5, 0.6) is 0 Å². The van der Waals surface area contributed by atoms with Gasteiger partial charge in [0.05, 0.1) is 12.8 Å². The molecule has 0 N–H and O–H groups in total. The minimum absolute atomic E-state index is 0.149. The number of hydrogen-bond acceptors (Lipinski definition) is 3. The highest BCUT2D eigenvalue weighted by Crippen LogP contribution is 2.38. The molecule has 0 fully saturated rings. The minimum Gasteiger partial charge on any atom is -0.452 e. The van der Waals surface area contributed by atoms with Crippen molar-refractivity contribution in [2.75, 3.05) is 12.0 Å². The van der Waals surface area contributed by atoms with E-state index in [-0.39, 0.29) is 11.3 Å². The molecule has 0 spiro atoms. The SMILES string of the molecule is COC(=O)N1C(=O)/C(=C/C(C)(C)C)c2ccccc21. The Morgan fingerprint density at radius 3 is 2.47 bits per heavy atom. The van der Waals surface area contributed by atoms with Crippen LogP contribution < -0.4 is 4.90 Å². The van der Waals surface area contributed by atoms with Gasteiger partial charge in [-0.1, -0.05) is 45.0 Å². The molecule has 0 saturated carbocycles. The Bertz CT molecular complexity index is 567. The number of carbonyl (C=O) groups is 2. The van der Waals surface area contributed by atoms with Crippen LogP contribution in [-0.4, -0.2) is 19.1 Å². The summed E-state index contributed by atoms with van der Waals surface area (Å²) in [5.74, 6) is -0.331. The number of methoxy groups -OCH3 is 1. The average Bonchev–Trinajstić information content (AvgIpc) is 2.60. The first-order valence-electron chi connectivity index (χ1n) is 6.10. The molecule has 0 aliphatic carbocycles. The van der Waals surface area contributed by atoms with Crippen LogP contribution in [0.25, 0.3) is 5.57 Å². The van der Waals surface area contributed by atoms with Crippen molar-refractivity contribution in [2.45, 2.75) is 20.8 Å². The maximum absolute atomic E-state index is 12.4. The number of para-hydroxylation sites is 1. The third-order valence-corrected chi connectivity index (χ3v) is 2.80. The Balaban J connectivity index is 2.60. The van der Waals surface area contributed by atoms with E-state index in [1.54, 1.807) is 12.1 Å². The van der Waals surface area contributed by atoms with Crippen molar-refractivity contribution in [3.63, 3.8) is 0 Å². The number of imide groups is 1. The molecule has 2 amide bonds. The van der Waals surface area contributed by atoms with Crippen molar-refractivity contribution < 1.29 is 14.3 Å². The highest BCUT2D eigenvalue weighted by Gasteiger charge is 2.37. The zero-order valence-electron chi connectivity index (χ0n) is 11.6. The lowest BCUT2D eigenvalue weighted by molar-refractivity contribution is -0.112. The normalized spacial score (nSPS) is 16.7. The van der Waals surface area contributed by atoms with E-state index in [9.17, 15) is 9.59 Å². The van der Waals surface area contributed by atoms with Gasteiger partial charge >= 0.3 is 6.09 Å². The Morgan fingerprint density at radius 1 is 1.26 bits per heavy atom. The number of hydrogen-bond donors (Lipinski definition) is 0. The second-order valence-corrected chi connectivity index (χ2v) is 5.55. The summed E-state index contributed by atoms with van der Waals surface area (Å²) in [5.41, 5.74) is 1.75. The molecule has 0 radical (unpaired) electrons. The third-order valence-electron chi connectivity index (χ3n) is 2.80. The van der Waals surface area contributed by atoms with Crippen LogP contribution in [0.1, 0.15) is 26.3 Å². The molecule has 1 aliphatic heterocycles. The standard InChI is InChI=1S/C15H17NO3/c1-15(2,3)9-11-10-7-5-6-8-12(10)16(13(11)17)14(18)19-4/h5-9H,1-4H3/b11-9+. The molecule has 1 aromatic rings. The summed E-state index contributed by atoms with van der Waals surface area (Å²) in [6.07, 6.45) is 1.23. The van der Waals surface area contributed by atoms with Crippen LogP contribution in [0, 0.1) is 5.41 Å². The fraction of sp³-hybridized carbons (Fsp3) is 0.333. The van der Waals surface area contributed by atoms with Crippen LogP contribution in [0.15, 0.2) is 30.3 Å². The van der Waals surface area contributed by atoms with E-state index in [4.69, 9.17) is 0 Å². The number of benzene rings is 1. The molecule has 0 aromatic heterocycles. The van der Waals surface area contributed by atoms with Gasteiger partial charge in [-0.25, -0.2) is 9.69 Å². The lowest BCUT2D eigenvalue weighted by atomic mass is 9.91. The molecule has 0 bridgehead atoms. The zero-order chi connectivity index (χ0) is 14.2. The number of fused-ring (bicyclic) bond motifs is 1. The summed E-state index contributed by atoms with van der Waals surface area (Å²) in [6, 6.07) is 7.23. The van der Waals surface area contributed by atoms with E-state index < -0.39 is 6.09 Å². The van der Waals surface area contributed by atoms with Crippen LogP contribution in [0.4, 0.5) is 10.5 Å². The molecule has 4 heteroatoms. The van der Waals surface area contributed by atoms with E-state index in [0.717, 1.165) is 10.5 Å². The number of anilines is 1. The first-order chi connectivity index (χ1) is 8.85. The topological polar surface area (TPSA) is 46.6 Å². The van der Waals surface area contributed by atoms with Gasteiger partial charge < -0.3 is 4.74 Å². The third kappa shape index (κ3) is 2.38. The van der Waals surface area contributed by atoms with Gasteiger partial charge in [-0.2, -0.15) is 0 Å². The summed E-state index contributed by atoms with van der Waals surface area (Å²) >= 11 is 0. The van der Waals surface area contributed by atoms with E-state index >= 15 is 0 Å². The van der Waals surface area contributed by atoms with Crippen molar-refractivity contribution in [3.8, 4) is 0 Å². The van der Waals surface area contributed by atoms with Gasteiger partial charge in [0.1, 0.15) is 0 Å². The van der Waals surface area contributed by atoms with Gasteiger partial charge in [-0.05, 0) is 11.5 Å². The zero-order valence-corrected chi connectivity index (χ0v) is 11.6. The van der Waals surface area contributed by atoms with Gasteiger partial charge in [0.2, 0.25) is 0 Å². The summed E-state index contributed by atoms with van der Waals surface area (Å²) in [4.78, 5) is 25.2. The molecule has 1 aromatic carbocycles. The second kappa shape index (κ2) is 4.53. The van der Waals surface area contributed by atoms with E-state index in [2.05, 4.69) is 4.74 Å². The van der Waals surface area contributed by atoms with Crippen molar-refractivity contribution in [1.29, 1.82) is 0 Å². The molecule has 0 unspecified atom stereocenters. The molecular formula is C15H17NO3. The predicted octanol–water partition coefficient (Wildman–Crippen LogP) is 3.23. The number of nitrogens with zero attached hydrogens (tertiary/aromatic N) is 1. The van der Waals surface area contributed by atoms with Crippen LogP contribution in [-0.2, 0) is 9.53 Å². The molecule has 1 heterocycles. The van der Waals surface area contributed by atoms with Gasteiger partial charge in [-0.15, -0.1) is 0 Å².